The molecule has 0 amide bonds. The van der Waals surface area contributed by atoms with E-state index in [0.717, 1.165) is 22.6 Å². The number of benzene rings is 3. The van der Waals surface area contributed by atoms with Crippen molar-refractivity contribution in [3.63, 3.8) is 0 Å². The van der Waals surface area contributed by atoms with Gasteiger partial charge < -0.3 is 4.74 Å². The predicted octanol–water partition coefficient (Wildman–Crippen LogP) is 4.11. The zero-order valence-electron chi connectivity index (χ0n) is 18.0. The minimum absolute atomic E-state index is 0.192. The maximum Gasteiger partial charge on any atom is 0.278 e. The van der Waals surface area contributed by atoms with Gasteiger partial charge in [-0.15, -0.1) is 15.3 Å². The summed E-state index contributed by atoms with van der Waals surface area (Å²) in [7, 11) is 1.63. The van der Waals surface area contributed by atoms with Gasteiger partial charge in [0.2, 0.25) is 0 Å². The SMILES string of the molecule is COc1cccc(-c2nnc(SCn3nnc4ccccc4c3=O)n2-c2ccc(C)cc2)c1. The molecule has 5 rings (SSSR count). The molecule has 0 saturated heterocycles. The molecule has 33 heavy (non-hydrogen) atoms. The third-order valence-corrected chi connectivity index (χ3v) is 6.09. The van der Waals surface area contributed by atoms with Crippen molar-refractivity contribution in [3.8, 4) is 22.8 Å². The summed E-state index contributed by atoms with van der Waals surface area (Å²) in [5, 5.41) is 18.3. The van der Waals surface area contributed by atoms with Crippen LogP contribution in [-0.2, 0) is 5.88 Å². The van der Waals surface area contributed by atoms with E-state index in [1.54, 1.807) is 19.2 Å². The van der Waals surface area contributed by atoms with E-state index in [2.05, 4.69) is 20.5 Å². The fourth-order valence-electron chi connectivity index (χ4n) is 3.47. The van der Waals surface area contributed by atoms with E-state index in [0.29, 0.717) is 21.9 Å². The summed E-state index contributed by atoms with van der Waals surface area (Å²) < 4.78 is 8.69. The number of rotatable bonds is 6. The van der Waals surface area contributed by atoms with Gasteiger partial charge >= 0.3 is 0 Å². The summed E-state index contributed by atoms with van der Waals surface area (Å²) in [5.74, 6) is 1.66. The number of methoxy groups -OCH3 is 1. The van der Waals surface area contributed by atoms with Crippen LogP contribution in [0.1, 0.15) is 5.56 Å². The number of nitrogens with zero attached hydrogens (tertiary/aromatic N) is 6. The second-order valence-electron chi connectivity index (χ2n) is 7.39. The van der Waals surface area contributed by atoms with Crippen molar-refractivity contribution in [1.82, 2.24) is 29.8 Å². The van der Waals surface area contributed by atoms with Gasteiger partial charge in [-0.1, -0.05) is 58.9 Å². The van der Waals surface area contributed by atoms with Crippen LogP contribution in [-0.4, -0.2) is 36.9 Å². The number of ether oxygens (including phenoxy) is 1. The van der Waals surface area contributed by atoms with Gasteiger partial charge in [0.05, 0.1) is 18.4 Å². The van der Waals surface area contributed by atoms with Crippen LogP contribution in [0.25, 0.3) is 28.0 Å². The summed E-state index contributed by atoms with van der Waals surface area (Å²) in [6.07, 6.45) is 0. The molecule has 0 spiro atoms. The van der Waals surface area contributed by atoms with Crippen molar-refractivity contribution in [3.05, 3.63) is 88.7 Å². The van der Waals surface area contributed by atoms with Crippen LogP contribution in [0.15, 0.2) is 82.7 Å². The standard InChI is InChI=1S/C24H20N6O2S/c1-16-10-12-18(13-11-16)30-22(17-6-5-7-19(14-17)32-2)26-27-24(30)33-15-29-23(31)20-8-3-4-9-21(20)25-28-29/h3-14H,15H2,1-2H3. The molecule has 0 N–H and O–H groups in total. The van der Waals surface area contributed by atoms with E-state index in [1.807, 2.05) is 72.2 Å². The van der Waals surface area contributed by atoms with E-state index in [1.165, 1.54) is 16.4 Å². The molecular weight excluding hydrogens is 436 g/mol. The average molecular weight is 457 g/mol. The van der Waals surface area contributed by atoms with Crippen molar-refractivity contribution in [1.29, 1.82) is 0 Å². The molecule has 164 valence electrons. The van der Waals surface area contributed by atoms with E-state index < -0.39 is 0 Å². The van der Waals surface area contributed by atoms with E-state index in [9.17, 15) is 4.79 Å². The monoisotopic (exact) mass is 456 g/mol. The molecule has 0 aliphatic carbocycles. The number of hydrogen-bond donors (Lipinski definition) is 0. The Morgan fingerprint density at radius 2 is 1.76 bits per heavy atom. The first kappa shape index (κ1) is 20.9. The first-order valence-electron chi connectivity index (χ1n) is 10.3. The highest BCUT2D eigenvalue weighted by Gasteiger charge is 2.17. The maximum absolute atomic E-state index is 12.8. The molecule has 0 radical (unpaired) electrons. The molecule has 3 aromatic carbocycles. The smallest absolute Gasteiger partial charge is 0.278 e. The van der Waals surface area contributed by atoms with Gasteiger partial charge in [-0.3, -0.25) is 9.36 Å². The zero-order valence-corrected chi connectivity index (χ0v) is 18.9. The largest absolute Gasteiger partial charge is 0.497 e. The van der Waals surface area contributed by atoms with Crippen molar-refractivity contribution in [2.75, 3.05) is 7.11 Å². The highest BCUT2D eigenvalue weighted by molar-refractivity contribution is 7.98. The van der Waals surface area contributed by atoms with Gasteiger partial charge in [-0.2, -0.15) is 4.68 Å². The molecule has 0 saturated carbocycles. The molecule has 0 aliphatic heterocycles. The third kappa shape index (κ3) is 4.10. The number of hydrogen-bond acceptors (Lipinski definition) is 7. The molecule has 2 heterocycles. The topological polar surface area (TPSA) is 87.7 Å². The molecule has 0 bridgehead atoms. The van der Waals surface area contributed by atoms with Crippen molar-refractivity contribution in [2.24, 2.45) is 0 Å². The number of aryl methyl sites for hydroxylation is 1. The van der Waals surface area contributed by atoms with Crippen molar-refractivity contribution in [2.45, 2.75) is 18.0 Å². The third-order valence-electron chi connectivity index (χ3n) is 5.20. The fourth-order valence-corrected chi connectivity index (χ4v) is 4.29. The Morgan fingerprint density at radius 3 is 2.58 bits per heavy atom. The lowest BCUT2D eigenvalue weighted by atomic mass is 10.2. The summed E-state index contributed by atoms with van der Waals surface area (Å²) in [4.78, 5) is 12.8. The summed E-state index contributed by atoms with van der Waals surface area (Å²) >= 11 is 1.37. The molecule has 9 heteroatoms. The number of fused-ring (bicyclic) bond motifs is 1. The summed E-state index contributed by atoms with van der Waals surface area (Å²) in [6.45, 7) is 2.04. The summed E-state index contributed by atoms with van der Waals surface area (Å²) in [6, 6.07) is 23.0. The second kappa shape index (κ2) is 8.87. The van der Waals surface area contributed by atoms with E-state index in [4.69, 9.17) is 4.74 Å². The Labute approximate surface area is 193 Å². The first-order chi connectivity index (χ1) is 16.1. The Balaban J connectivity index is 1.55. The van der Waals surface area contributed by atoms with Crippen LogP contribution < -0.4 is 10.3 Å². The molecule has 0 aliphatic rings. The van der Waals surface area contributed by atoms with Crippen LogP contribution in [0, 0.1) is 6.92 Å². The molecule has 5 aromatic rings. The molecule has 0 unspecified atom stereocenters. The molecular formula is C24H20N6O2S. The van der Waals surface area contributed by atoms with Crippen LogP contribution in [0.2, 0.25) is 0 Å². The van der Waals surface area contributed by atoms with Gasteiger partial charge in [0.1, 0.15) is 11.3 Å². The molecule has 0 atom stereocenters. The van der Waals surface area contributed by atoms with E-state index in [-0.39, 0.29) is 11.4 Å². The quantitative estimate of drug-likeness (QED) is 0.355. The minimum Gasteiger partial charge on any atom is -0.497 e. The fraction of sp³-hybridized carbons (Fsp3) is 0.125. The molecule has 0 fully saturated rings. The zero-order chi connectivity index (χ0) is 22.8. The van der Waals surface area contributed by atoms with Crippen LogP contribution >= 0.6 is 11.8 Å². The molecule has 2 aromatic heterocycles. The van der Waals surface area contributed by atoms with Gasteiger partial charge in [-0.25, -0.2) is 0 Å². The normalized spacial score (nSPS) is 11.1. The minimum atomic E-state index is -0.192. The highest BCUT2D eigenvalue weighted by Crippen LogP contribution is 2.30. The van der Waals surface area contributed by atoms with Crippen molar-refractivity contribution >= 4 is 22.7 Å². The lowest BCUT2D eigenvalue weighted by molar-refractivity contribution is 0.415. The Morgan fingerprint density at radius 1 is 0.939 bits per heavy atom. The molecule has 8 nitrogen and oxygen atoms in total. The first-order valence-corrected chi connectivity index (χ1v) is 11.2. The lowest BCUT2D eigenvalue weighted by Crippen LogP contribution is -2.23. The van der Waals surface area contributed by atoms with Crippen LogP contribution in [0.3, 0.4) is 0 Å². The predicted molar refractivity (Wildman–Crippen MR) is 128 cm³/mol. The van der Waals surface area contributed by atoms with Crippen molar-refractivity contribution < 1.29 is 4.74 Å². The van der Waals surface area contributed by atoms with Gasteiger partial charge in [0, 0.05) is 11.3 Å². The van der Waals surface area contributed by atoms with Gasteiger partial charge in [0.25, 0.3) is 5.56 Å². The lowest BCUT2D eigenvalue weighted by Gasteiger charge is -2.11. The Hall–Kier alpha value is -3.98. The van der Waals surface area contributed by atoms with E-state index >= 15 is 0 Å². The average Bonchev–Trinajstić information content (AvgIpc) is 3.28. The Bertz CT molecular complexity index is 1490. The highest BCUT2D eigenvalue weighted by atomic mass is 32.2. The second-order valence-corrected chi connectivity index (χ2v) is 8.31. The number of aromatic nitrogens is 6. The van der Waals surface area contributed by atoms with Crippen LogP contribution in [0.4, 0.5) is 0 Å². The Kier molecular flexibility index (Phi) is 5.62. The van der Waals surface area contributed by atoms with Gasteiger partial charge in [-0.05, 0) is 43.3 Å². The summed E-state index contributed by atoms with van der Waals surface area (Å²) in [5.41, 5.74) is 3.33. The van der Waals surface area contributed by atoms with Crippen LogP contribution in [0.5, 0.6) is 5.75 Å². The van der Waals surface area contributed by atoms with Gasteiger partial charge in [0.15, 0.2) is 11.0 Å². The number of thioether (sulfide) groups is 1. The maximum atomic E-state index is 12.8.